The second kappa shape index (κ2) is 8.73. The largest absolute Gasteiger partial charge is 0.478 e. The van der Waals surface area contributed by atoms with E-state index in [1.165, 1.54) is 0 Å². The summed E-state index contributed by atoms with van der Waals surface area (Å²) in [7, 11) is 0. The maximum Gasteiger partial charge on any atom is 0.274 e. The summed E-state index contributed by atoms with van der Waals surface area (Å²) in [5, 5.41) is 0.337. The maximum atomic E-state index is 12.9. The summed E-state index contributed by atoms with van der Waals surface area (Å²) in [5.74, 6) is 2.27. The van der Waals surface area contributed by atoms with Crippen LogP contribution in [-0.4, -0.2) is 58.5 Å². The van der Waals surface area contributed by atoms with Crippen molar-refractivity contribution in [3.8, 4) is 5.88 Å². The van der Waals surface area contributed by atoms with E-state index in [0.29, 0.717) is 43.7 Å². The third-order valence-corrected chi connectivity index (χ3v) is 4.89. The normalized spacial score (nSPS) is 14.5. The molecule has 8 heteroatoms. The van der Waals surface area contributed by atoms with Gasteiger partial charge in [0, 0.05) is 49.9 Å². The number of carbonyl (C=O) groups is 1. The second-order valence-electron chi connectivity index (χ2n) is 7.07. The Hall–Kier alpha value is -2.41. The first-order valence-corrected chi connectivity index (χ1v) is 9.96. The highest BCUT2D eigenvalue weighted by molar-refractivity contribution is 6.33. The first kappa shape index (κ1) is 20.3. The average Bonchev–Trinajstić information content (AvgIpc) is 2.68. The highest BCUT2D eigenvalue weighted by Crippen LogP contribution is 2.22. The van der Waals surface area contributed by atoms with E-state index < -0.39 is 0 Å². The summed E-state index contributed by atoms with van der Waals surface area (Å²) < 4.78 is 5.39. The van der Waals surface area contributed by atoms with Gasteiger partial charge in [0.1, 0.15) is 11.6 Å². The van der Waals surface area contributed by atoms with Gasteiger partial charge in [-0.15, -0.1) is 0 Å². The lowest BCUT2D eigenvalue weighted by molar-refractivity contribution is 0.0739. The van der Waals surface area contributed by atoms with Crippen LogP contribution in [0.3, 0.4) is 0 Å². The van der Waals surface area contributed by atoms with Crippen molar-refractivity contribution in [2.24, 2.45) is 0 Å². The fourth-order valence-corrected chi connectivity index (χ4v) is 3.27. The predicted octanol–water partition coefficient (Wildman–Crippen LogP) is 3.32. The molecule has 0 bridgehead atoms. The quantitative estimate of drug-likeness (QED) is 0.762. The van der Waals surface area contributed by atoms with Crippen LogP contribution in [-0.2, 0) is 0 Å². The Labute approximate surface area is 170 Å². The second-order valence-corrected chi connectivity index (χ2v) is 7.48. The molecule has 3 rings (SSSR count). The molecule has 0 aromatic carbocycles. The Kier molecular flexibility index (Phi) is 6.34. The van der Waals surface area contributed by atoms with E-state index in [2.05, 4.69) is 28.7 Å². The van der Waals surface area contributed by atoms with E-state index >= 15 is 0 Å². The van der Waals surface area contributed by atoms with Crippen molar-refractivity contribution in [1.82, 2.24) is 19.9 Å². The molecular weight excluding hydrogens is 378 g/mol. The van der Waals surface area contributed by atoms with Crippen LogP contribution in [0.25, 0.3) is 0 Å². The van der Waals surface area contributed by atoms with Crippen molar-refractivity contribution in [3.05, 3.63) is 40.4 Å². The number of nitrogens with zero attached hydrogens (tertiary/aromatic N) is 5. The Balaban J connectivity index is 1.70. The van der Waals surface area contributed by atoms with Gasteiger partial charge >= 0.3 is 0 Å². The minimum absolute atomic E-state index is 0.173. The minimum atomic E-state index is -0.173. The standard InChI is InChI=1S/C20H26ClN5O2/c1-5-28-17-7-6-15(21)18(24-17)20(27)26-10-8-25(9-11-26)16-12-14(4)22-19(23-16)13(2)3/h6-7,12-13H,5,8-11H2,1-4H3. The Morgan fingerprint density at radius 1 is 1.18 bits per heavy atom. The van der Waals surface area contributed by atoms with Crippen LogP contribution in [0.1, 0.15) is 48.7 Å². The van der Waals surface area contributed by atoms with E-state index in [-0.39, 0.29) is 17.5 Å². The molecule has 3 heterocycles. The Bertz CT molecular complexity index is 850. The SMILES string of the molecule is CCOc1ccc(Cl)c(C(=O)N2CCN(c3cc(C)nc(C(C)C)n3)CC2)n1. The molecule has 1 aliphatic rings. The van der Waals surface area contributed by atoms with Gasteiger partial charge in [0.15, 0.2) is 5.69 Å². The number of hydrogen-bond acceptors (Lipinski definition) is 6. The number of aryl methyl sites for hydroxylation is 1. The van der Waals surface area contributed by atoms with Gasteiger partial charge in [0.2, 0.25) is 5.88 Å². The maximum absolute atomic E-state index is 12.9. The van der Waals surface area contributed by atoms with Crippen molar-refractivity contribution in [2.75, 3.05) is 37.7 Å². The molecule has 0 N–H and O–H groups in total. The molecule has 28 heavy (non-hydrogen) atoms. The first-order chi connectivity index (χ1) is 13.4. The number of pyridine rings is 1. The lowest BCUT2D eigenvalue weighted by Gasteiger charge is -2.35. The summed E-state index contributed by atoms with van der Waals surface area (Å²) in [5.41, 5.74) is 1.19. The molecule has 1 fully saturated rings. The molecule has 0 saturated carbocycles. The summed E-state index contributed by atoms with van der Waals surface area (Å²) in [6, 6.07) is 5.32. The van der Waals surface area contributed by atoms with E-state index in [1.54, 1.807) is 17.0 Å². The average molecular weight is 404 g/mol. The van der Waals surface area contributed by atoms with Crippen molar-refractivity contribution < 1.29 is 9.53 Å². The number of halogens is 1. The molecule has 1 aliphatic heterocycles. The van der Waals surface area contributed by atoms with Gasteiger partial charge in [-0.3, -0.25) is 4.79 Å². The fraction of sp³-hybridized carbons (Fsp3) is 0.500. The zero-order valence-electron chi connectivity index (χ0n) is 16.8. The Morgan fingerprint density at radius 2 is 1.89 bits per heavy atom. The van der Waals surface area contributed by atoms with E-state index in [1.807, 2.05) is 19.9 Å². The number of aromatic nitrogens is 3. The van der Waals surface area contributed by atoms with Crippen molar-refractivity contribution in [2.45, 2.75) is 33.6 Å². The predicted molar refractivity (Wildman–Crippen MR) is 109 cm³/mol. The van der Waals surface area contributed by atoms with Crippen LogP contribution >= 0.6 is 11.6 Å². The van der Waals surface area contributed by atoms with Gasteiger partial charge < -0.3 is 14.5 Å². The third kappa shape index (κ3) is 4.52. The lowest BCUT2D eigenvalue weighted by atomic mass is 10.2. The van der Waals surface area contributed by atoms with Crippen LogP contribution in [0.15, 0.2) is 18.2 Å². The molecule has 7 nitrogen and oxygen atoms in total. The highest BCUT2D eigenvalue weighted by atomic mass is 35.5. The van der Waals surface area contributed by atoms with Crippen LogP contribution in [0.5, 0.6) is 5.88 Å². The molecule has 0 unspecified atom stereocenters. The number of piperazine rings is 1. The number of anilines is 1. The topological polar surface area (TPSA) is 71.5 Å². The highest BCUT2D eigenvalue weighted by Gasteiger charge is 2.26. The van der Waals surface area contributed by atoms with Gasteiger partial charge in [-0.1, -0.05) is 25.4 Å². The monoisotopic (exact) mass is 403 g/mol. The molecule has 0 atom stereocenters. The molecule has 0 spiro atoms. The molecule has 0 radical (unpaired) electrons. The van der Waals surface area contributed by atoms with Gasteiger partial charge in [0.05, 0.1) is 11.6 Å². The fourth-order valence-electron chi connectivity index (χ4n) is 3.09. The van der Waals surface area contributed by atoms with Crippen molar-refractivity contribution in [3.63, 3.8) is 0 Å². The number of ether oxygens (including phenoxy) is 1. The number of carbonyl (C=O) groups excluding carboxylic acids is 1. The van der Waals surface area contributed by atoms with E-state index in [0.717, 1.165) is 17.3 Å². The molecule has 1 amide bonds. The first-order valence-electron chi connectivity index (χ1n) is 9.58. The Morgan fingerprint density at radius 3 is 2.54 bits per heavy atom. The third-order valence-electron chi connectivity index (χ3n) is 4.58. The zero-order chi connectivity index (χ0) is 20.3. The summed E-state index contributed by atoms with van der Waals surface area (Å²) >= 11 is 6.21. The van der Waals surface area contributed by atoms with Gasteiger partial charge in [-0.05, 0) is 19.9 Å². The van der Waals surface area contributed by atoms with Crippen LogP contribution in [0, 0.1) is 6.92 Å². The number of amides is 1. The van der Waals surface area contributed by atoms with E-state index in [9.17, 15) is 4.79 Å². The van der Waals surface area contributed by atoms with Crippen molar-refractivity contribution in [1.29, 1.82) is 0 Å². The summed E-state index contributed by atoms with van der Waals surface area (Å²) in [4.78, 5) is 30.3. The number of hydrogen-bond donors (Lipinski definition) is 0. The van der Waals surface area contributed by atoms with Gasteiger partial charge in [0.25, 0.3) is 5.91 Å². The lowest BCUT2D eigenvalue weighted by Crippen LogP contribution is -2.49. The van der Waals surface area contributed by atoms with Crippen LogP contribution in [0.2, 0.25) is 5.02 Å². The molecular formula is C20H26ClN5O2. The summed E-state index contributed by atoms with van der Waals surface area (Å²) in [6.45, 7) is 11.1. The molecule has 2 aromatic heterocycles. The van der Waals surface area contributed by atoms with Crippen LogP contribution < -0.4 is 9.64 Å². The smallest absolute Gasteiger partial charge is 0.274 e. The summed E-state index contributed by atoms with van der Waals surface area (Å²) in [6.07, 6.45) is 0. The zero-order valence-corrected chi connectivity index (χ0v) is 17.5. The van der Waals surface area contributed by atoms with Crippen molar-refractivity contribution >= 4 is 23.3 Å². The molecule has 150 valence electrons. The number of rotatable bonds is 5. The molecule has 2 aromatic rings. The molecule has 1 saturated heterocycles. The minimum Gasteiger partial charge on any atom is -0.478 e. The van der Waals surface area contributed by atoms with E-state index in [4.69, 9.17) is 21.3 Å². The van der Waals surface area contributed by atoms with Gasteiger partial charge in [-0.2, -0.15) is 0 Å². The molecule has 0 aliphatic carbocycles. The van der Waals surface area contributed by atoms with Gasteiger partial charge in [-0.25, -0.2) is 15.0 Å². The van der Waals surface area contributed by atoms with Crippen LogP contribution in [0.4, 0.5) is 5.82 Å².